The Morgan fingerprint density at radius 2 is 1.80 bits per heavy atom. The first-order chi connectivity index (χ1) is 11.8. The van der Waals surface area contributed by atoms with Gasteiger partial charge in [-0.15, -0.1) is 0 Å². The van der Waals surface area contributed by atoms with Crippen LogP contribution in [0.25, 0.3) is 0 Å². The van der Waals surface area contributed by atoms with E-state index in [4.69, 9.17) is 4.74 Å². The highest BCUT2D eigenvalue weighted by atomic mass is 16.5. The van der Waals surface area contributed by atoms with E-state index >= 15 is 0 Å². The smallest absolute Gasteiger partial charge is 0.174 e. The van der Waals surface area contributed by atoms with Gasteiger partial charge in [0.2, 0.25) is 0 Å². The van der Waals surface area contributed by atoms with Crippen LogP contribution in [0.1, 0.15) is 42.6 Å². The van der Waals surface area contributed by atoms with Crippen LogP contribution in [0.2, 0.25) is 0 Å². The van der Waals surface area contributed by atoms with E-state index in [1.54, 1.807) is 24.3 Å². The molecule has 5 nitrogen and oxygen atoms in total. The maximum absolute atomic E-state index is 12.7. The van der Waals surface area contributed by atoms with Gasteiger partial charge in [-0.25, -0.2) is 0 Å². The molecule has 0 amide bonds. The summed E-state index contributed by atoms with van der Waals surface area (Å²) in [6.45, 7) is 3.92. The van der Waals surface area contributed by atoms with Gasteiger partial charge in [0.15, 0.2) is 5.78 Å². The second-order valence-corrected chi connectivity index (χ2v) is 6.57. The van der Waals surface area contributed by atoms with Crippen molar-refractivity contribution < 1.29 is 24.9 Å². The van der Waals surface area contributed by atoms with Gasteiger partial charge in [0.05, 0.1) is 6.42 Å². The van der Waals surface area contributed by atoms with E-state index in [9.17, 15) is 20.1 Å². The maximum Gasteiger partial charge on any atom is 0.174 e. The number of carbonyl (C=O) groups is 1. The molecule has 1 aliphatic heterocycles. The van der Waals surface area contributed by atoms with Crippen molar-refractivity contribution in [2.45, 2.75) is 32.3 Å². The molecule has 1 atom stereocenters. The number of Topliss-reactive ketones (excluding diaryl/α,β-unsaturated/α-hetero) is 1. The lowest BCUT2D eigenvalue weighted by molar-refractivity contribution is 0.0390. The number of hydrogen-bond donors (Lipinski definition) is 3. The Kier molecular flexibility index (Phi) is 4.17. The molecule has 25 heavy (non-hydrogen) atoms. The van der Waals surface area contributed by atoms with E-state index in [0.717, 1.165) is 17.2 Å². The van der Waals surface area contributed by atoms with Crippen LogP contribution in [-0.2, 0) is 5.60 Å². The van der Waals surface area contributed by atoms with Gasteiger partial charge >= 0.3 is 0 Å². The highest BCUT2D eigenvalue weighted by Gasteiger charge is 2.42. The van der Waals surface area contributed by atoms with Crippen LogP contribution in [0.3, 0.4) is 0 Å². The number of hydrogen-bond acceptors (Lipinski definition) is 5. The fourth-order valence-electron chi connectivity index (χ4n) is 3.07. The van der Waals surface area contributed by atoms with Crippen LogP contribution in [-0.4, -0.2) is 21.1 Å². The fraction of sp³-hybridized carbons (Fsp3) is 0.250. The fourth-order valence-corrected chi connectivity index (χ4v) is 3.07. The second kappa shape index (κ2) is 6.16. The highest BCUT2D eigenvalue weighted by molar-refractivity contribution is 6.03. The molecular weight excluding hydrogens is 320 g/mol. The van der Waals surface area contributed by atoms with Crippen LogP contribution >= 0.6 is 0 Å². The highest BCUT2D eigenvalue weighted by Crippen LogP contribution is 2.46. The van der Waals surface area contributed by atoms with Gasteiger partial charge in [-0.05, 0) is 31.5 Å². The van der Waals surface area contributed by atoms with Gasteiger partial charge in [0.1, 0.15) is 34.2 Å². The number of phenolic OH excluding ortho intramolecular Hbond substituents is 3. The number of rotatable bonds is 3. The van der Waals surface area contributed by atoms with Crippen molar-refractivity contribution in [3.63, 3.8) is 0 Å². The summed E-state index contributed by atoms with van der Waals surface area (Å²) in [7, 11) is 0. The first-order valence-electron chi connectivity index (χ1n) is 8.02. The largest absolute Gasteiger partial charge is 0.508 e. The molecule has 130 valence electrons. The average Bonchev–Trinajstić information content (AvgIpc) is 2.52. The van der Waals surface area contributed by atoms with Gasteiger partial charge in [-0.3, -0.25) is 4.79 Å². The normalized spacial score (nSPS) is 19.0. The van der Waals surface area contributed by atoms with Gasteiger partial charge in [-0.2, -0.15) is 0 Å². The standard InChI is InChI=1S/C20H20O5/c1-12(2)7-8-20(13-3-5-14(21)6-4-13)11-17(24)19-16(23)9-15(22)10-18(19)25-20/h3-7,9-10,21-23H,8,11H2,1-2H3. The lowest BCUT2D eigenvalue weighted by atomic mass is 9.81. The monoisotopic (exact) mass is 340 g/mol. The molecule has 3 rings (SSSR count). The number of aromatic hydroxyl groups is 3. The minimum Gasteiger partial charge on any atom is -0.508 e. The minimum atomic E-state index is -0.963. The van der Waals surface area contributed by atoms with E-state index in [1.807, 2.05) is 19.9 Å². The SMILES string of the molecule is CC(C)=CCC1(c2ccc(O)cc2)CC(=O)c2c(O)cc(O)cc2O1. The van der Waals surface area contributed by atoms with Crippen LogP contribution in [0, 0.1) is 0 Å². The van der Waals surface area contributed by atoms with Crippen LogP contribution in [0.15, 0.2) is 48.0 Å². The van der Waals surface area contributed by atoms with Gasteiger partial charge in [0, 0.05) is 18.6 Å². The average molecular weight is 340 g/mol. The number of ether oxygens (including phenoxy) is 1. The predicted octanol–water partition coefficient (Wildman–Crippen LogP) is 4.02. The van der Waals surface area contributed by atoms with Crippen molar-refractivity contribution in [2.75, 3.05) is 0 Å². The first kappa shape index (κ1) is 16.9. The lowest BCUT2D eigenvalue weighted by Crippen LogP contribution is -2.39. The Labute approximate surface area is 145 Å². The predicted molar refractivity (Wildman–Crippen MR) is 93.2 cm³/mol. The Morgan fingerprint density at radius 1 is 1.12 bits per heavy atom. The quantitative estimate of drug-likeness (QED) is 0.735. The van der Waals surface area contributed by atoms with Crippen LogP contribution in [0.4, 0.5) is 0 Å². The number of carbonyl (C=O) groups excluding carboxylic acids is 1. The zero-order chi connectivity index (χ0) is 18.2. The first-order valence-corrected chi connectivity index (χ1v) is 8.02. The van der Waals surface area contributed by atoms with Gasteiger partial charge in [-0.1, -0.05) is 23.8 Å². The summed E-state index contributed by atoms with van der Waals surface area (Å²) in [5, 5.41) is 29.3. The van der Waals surface area contributed by atoms with E-state index in [-0.39, 0.29) is 40.8 Å². The number of fused-ring (bicyclic) bond motifs is 1. The topological polar surface area (TPSA) is 87.0 Å². The zero-order valence-corrected chi connectivity index (χ0v) is 14.1. The summed E-state index contributed by atoms with van der Waals surface area (Å²) >= 11 is 0. The summed E-state index contributed by atoms with van der Waals surface area (Å²) in [6.07, 6.45) is 2.47. The second-order valence-electron chi connectivity index (χ2n) is 6.57. The number of phenols is 3. The Morgan fingerprint density at radius 3 is 2.44 bits per heavy atom. The molecule has 0 fully saturated rings. The molecule has 1 unspecified atom stereocenters. The Bertz CT molecular complexity index is 847. The molecule has 0 bridgehead atoms. The molecule has 0 saturated carbocycles. The molecule has 0 radical (unpaired) electrons. The third kappa shape index (κ3) is 3.18. The number of allylic oxidation sites excluding steroid dienone is 1. The molecule has 1 aliphatic rings. The molecule has 2 aromatic rings. The van der Waals surface area contributed by atoms with E-state index in [1.165, 1.54) is 6.07 Å². The molecule has 5 heteroatoms. The van der Waals surface area contributed by atoms with E-state index in [0.29, 0.717) is 6.42 Å². The van der Waals surface area contributed by atoms with Crippen LogP contribution in [0.5, 0.6) is 23.0 Å². The van der Waals surface area contributed by atoms with Gasteiger partial charge < -0.3 is 20.1 Å². The van der Waals surface area contributed by atoms with Crippen LogP contribution < -0.4 is 4.74 Å². The molecule has 0 aromatic heterocycles. The molecule has 1 heterocycles. The van der Waals surface area contributed by atoms with Crippen molar-refractivity contribution in [2.24, 2.45) is 0 Å². The zero-order valence-electron chi connectivity index (χ0n) is 14.1. The van der Waals surface area contributed by atoms with E-state index in [2.05, 4.69) is 0 Å². The van der Waals surface area contributed by atoms with Crippen molar-refractivity contribution in [3.8, 4) is 23.0 Å². The minimum absolute atomic E-state index is 0.0485. The lowest BCUT2D eigenvalue weighted by Gasteiger charge is -2.38. The molecule has 3 N–H and O–H groups in total. The van der Waals surface area contributed by atoms with Gasteiger partial charge in [0.25, 0.3) is 0 Å². The molecular formula is C20H20O5. The summed E-state index contributed by atoms with van der Waals surface area (Å²) in [6, 6.07) is 8.99. The summed E-state index contributed by atoms with van der Waals surface area (Å²) in [5.74, 6) is -0.439. The maximum atomic E-state index is 12.7. The summed E-state index contributed by atoms with van der Waals surface area (Å²) in [4.78, 5) is 12.7. The van der Waals surface area contributed by atoms with E-state index < -0.39 is 5.60 Å². The van der Waals surface area contributed by atoms with Crippen molar-refractivity contribution in [3.05, 3.63) is 59.2 Å². The number of ketones is 1. The van der Waals surface area contributed by atoms with Crippen molar-refractivity contribution >= 4 is 5.78 Å². The molecule has 0 spiro atoms. The third-order valence-corrected chi connectivity index (χ3v) is 4.33. The third-order valence-electron chi connectivity index (χ3n) is 4.33. The summed E-state index contributed by atoms with van der Waals surface area (Å²) < 4.78 is 6.16. The Hall–Kier alpha value is -2.95. The number of benzene rings is 2. The molecule has 0 aliphatic carbocycles. The summed E-state index contributed by atoms with van der Waals surface area (Å²) in [5.41, 5.74) is 0.947. The molecule has 0 saturated heterocycles. The van der Waals surface area contributed by atoms with Crippen molar-refractivity contribution in [1.82, 2.24) is 0 Å². The van der Waals surface area contributed by atoms with Crippen molar-refractivity contribution in [1.29, 1.82) is 0 Å². The Balaban J connectivity index is 2.14. The molecule has 2 aromatic carbocycles.